The lowest BCUT2D eigenvalue weighted by Gasteiger charge is -2.06. The third kappa shape index (κ3) is 2.76. The molecule has 0 atom stereocenters. The zero-order valence-electron chi connectivity index (χ0n) is 10.7. The third-order valence-electron chi connectivity index (χ3n) is 3.08. The van der Waals surface area contributed by atoms with Gasteiger partial charge in [0.2, 0.25) is 0 Å². The Morgan fingerprint density at radius 3 is 2.63 bits per heavy atom. The largest absolute Gasteiger partial charge is 0.494 e. The Bertz CT molecular complexity index is 646. The molecule has 1 heterocycles. The molecular formula is C16H16N2O. The molecule has 0 saturated carbocycles. The number of nitrogens with zero attached hydrogens (tertiary/aromatic N) is 2. The van der Waals surface area contributed by atoms with Gasteiger partial charge in [0.15, 0.2) is 0 Å². The molecule has 0 unspecified atom stereocenters. The predicted octanol–water partition coefficient (Wildman–Crippen LogP) is 3.51. The Balaban J connectivity index is 1.55. The van der Waals surface area contributed by atoms with Crippen LogP contribution in [0.3, 0.4) is 0 Å². The van der Waals surface area contributed by atoms with Crippen LogP contribution in [0.1, 0.15) is 6.42 Å². The smallest absolute Gasteiger partial charge is 0.119 e. The molecule has 0 N–H and O–H groups in total. The minimum absolute atomic E-state index is 0.707. The molecule has 2 aromatic carbocycles. The lowest BCUT2D eigenvalue weighted by molar-refractivity contribution is 0.300. The van der Waals surface area contributed by atoms with Gasteiger partial charge in [-0.3, -0.25) is 4.68 Å². The molecule has 0 saturated heterocycles. The fourth-order valence-corrected chi connectivity index (χ4v) is 2.13. The van der Waals surface area contributed by atoms with Crippen molar-refractivity contribution in [2.24, 2.45) is 0 Å². The summed E-state index contributed by atoms with van der Waals surface area (Å²) in [7, 11) is 0. The van der Waals surface area contributed by atoms with E-state index in [0.29, 0.717) is 6.61 Å². The molecule has 3 heteroatoms. The first-order chi connectivity index (χ1) is 9.43. The van der Waals surface area contributed by atoms with Crippen molar-refractivity contribution in [3.8, 4) is 5.75 Å². The molecule has 0 fully saturated rings. The highest BCUT2D eigenvalue weighted by atomic mass is 16.5. The Hall–Kier alpha value is -2.29. The average Bonchev–Trinajstić information content (AvgIpc) is 2.88. The van der Waals surface area contributed by atoms with Crippen molar-refractivity contribution in [3.05, 3.63) is 60.8 Å². The molecular weight excluding hydrogens is 236 g/mol. The Kier molecular flexibility index (Phi) is 3.45. The van der Waals surface area contributed by atoms with Gasteiger partial charge in [-0.25, -0.2) is 0 Å². The summed E-state index contributed by atoms with van der Waals surface area (Å²) >= 11 is 0. The van der Waals surface area contributed by atoms with E-state index < -0.39 is 0 Å². The normalized spacial score (nSPS) is 10.7. The molecule has 0 spiro atoms. The van der Waals surface area contributed by atoms with Gasteiger partial charge in [-0.1, -0.05) is 36.4 Å². The molecule has 3 rings (SSSR count). The van der Waals surface area contributed by atoms with E-state index in [1.54, 1.807) is 0 Å². The van der Waals surface area contributed by atoms with Gasteiger partial charge in [-0.15, -0.1) is 0 Å². The Labute approximate surface area is 112 Å². The first kappa shape index (κ1) is 11.8. The SMILES string of the molecule is c1ccc(OCCCn2ncc3ccccc32)cc1. The monoisotopic (exact) mass is 252 g/mol. The number of aryl methyl sites for hydroxylation is 1. The highest BCUT2D eigenvalue weighted by molar-refractivity contribution is 5.78. The summed E-state index contributed by atoms with van der Waals surface area (Å²) in [5.41, 5.74) is 1.18. The number of hydrogen-bond acceptors (Lipinski definition) is 2. The van der Waals surface area contributed by atoms with Crippen molar-refractivity contribution in [3.63, 3.8) is 0 Å². The average molecular weight is 252 g/mol. The van der Waals surface area contributed by atoms with Crippen LogP contribution in [-0.4, -0.2) is 16.4 Å². The van der Waals surface area contributed by atoms with Gasteiger partial charge in [0, 0.05) is 18.4 Å². The van der Waals surface area contributed by atoms with Crippen LogP contribution in [0.25, 0.3) is 10.9 Å². The maximum Gasteiger partial charge on any atom is 0.119 e. The second kappa shape index (κ2) is 5.57. The van der Waals surface area contributed by atoms with Gasteiger partial charge >= 0.3 is 0 Å². The predicted molar refractivity (Wildman–Crippen MR) is 76.3 cm³/mol. The second-order valence-electron chi connectivity index (χ2n) is 4.44. The molecule has 1 aromatic heterocycles. The molecule has 3 aromatic rings. The number of hydrogen-bond donors (Lipinski definition) is 0. The van der Waals surface area contributed by atoms with Crippen molar-refractivity contribution in [1.82, 2.24) is 9.78 Å². The van der Waals surface area contributed by atoms with Crippen molar-refractivity contribution in [2.75, 3.05) is 6.61 Å². The Morgan fingerprint density at radius 1 is 0.947 bits per heavy atom. The van der Waals surface area contributed by atoms with Gasteiger partial charge in [0.05, 0.1) is 18.3 Å². The molecule has 0 radical (unpaired) electrons. The molecule has 0 aliphatic heterocycles. The maximum atomic E-state index is 5.68. The van der Waals surface area contributed by atoms with Crippen LogP contribution in [0.4, 0.5) is 0 Å². The molecule has 0 aliphatic carbocycles. The van der Waals surface area contributed by atoms with E-state index in [0.717, 1.165) is 18.7 Å². The van der Waals surface area contributed by atoms with E-state index in [2.05, 4.69) is 17.2 Å². The summed E-state index contributed by atoms with van der Waals surface area (Å²) in [6, 6.07) is 18.2. The van der Waals surface area contributed by atoms with Gasteiger partial charge in [-0.2, -0.15) is 5.10 Å². The molecule has 19 heavy (non-hydrogen) atoms. The van der Waals surface area contributed by atoms with Gasteiger partial charge in [-0.05, 0) is 18.2 Å². The summed E-state index contributed by atoms with van der Waals surface area (Å²) in [5, 5.41) is 5.59. The number of fused-ring (bicyclic) bond motifs is 1. The molecule has 0 aliphatic rings. The lowest BCUT2D eigenvalue weighted by Crippen LogP contribution is -2.05. The number of aromatic nitrogens is 2. The van der Waals surface area contributed by atoms with E-state index in [9.17, 15) is 0 Å². The maximum absolute atomic E-state index is 5.68. The summed E-state index contributed by atoms with van der Waals surface area (Å²) in [4.78, 5) is 0. The van der Waals surface area contributed by atoms with Crippen LogP contribution in [-0.2, 0) is 6.54 Å². The minimum Gasteiger partial charge on any atom is -0.494 e. The van der Waals surface area contributed by atoms with Crippen molar-refractivity contribution in [1.29, 1.82) is 0 Å². The van der Waals surface area contributed by atoms with Crippen LogP contribution in [0, 0.1) is 0 Å². The standard InChI is InChI=1S/C16H16N2O/c1-2-8-15(9-3-1)19-12-6-11-18-16-10-5-4-7-14(16)13-17-18/h1-5,7-10,13H,6,11-12H2. The van der Waals surface area contributed by atoms with Crippen LogP contribution < -0.4 is 4.74 Å². The van der Waals surface area contributed by atoms with Gasteiger partial charge in [0.1, 0.15) is 5.75 Å². The summed E-state index contributed by atoms with van der Waals surface area (Å²) in [5.74, 6) is 0.924. The summed E-state index contributed by atoms with van der Waals surface area (Å²) in [6.07, 6.45) is 2.86. The molecule has 96 valence electrons. The summed E-state index contributed by atoms with van der Waals surface area (Å²) < 4.78 is 7.71. The van der Waals surface area contributed by atoms with E-state index in [4.69, 9.17) is 4.74 Å². The van der Waals surface area contributed by atoms with Crippen molar-refractivity contribution in [2.45, 2.75) is 13.0 Å². The van der Waals surface area contributed by atoms with Crippen LogP contribution in [0.15, 0.2) is 60.8 Å². The first-order valence-corrected chi connectivity index (χ1v) is 6.52. The van der Waals surface area contributed by atoms with Crippen LogP contribution in [0.5, 0.6) is 5.75 Å². The number of ether oxygens (including phenoxy) is 1. The fourth-order valence-electron chi connectivity index (χ4n) is 2.13. The minimum atomic E-state index is 0.707. The third-order valence-corrected chi connectivity index (χ3v) is 3.08. The van der Waals surface area contributed by atoms with Crippen molar-refractivity contribution < 1.29 is 4.74 Å². The molecule has 3 nitrogen and oxygen atoms in total. The quantitative estimate of drug-likeness (QED) is 0.650. The van der Waals surface area contributed by atoms with E-state index in [1.807, 2.05) is 53.3 Å². The molecule has 0 amide bonds. The Morgan fingerprint density at radius 2 is 1.74 bits per heavy atom. The topological polar surface area (TPSA) is 27.1 Å². The molecule has 0 bridgehead atoms. The van der Waals surface area contributed by atoms with E-state index in [1.165, 1.54) is 10.9 Å². The first-order valence-electron chi connectivity index (χ1n) is 6.52. The zero-order chi connectivity index (χ0) is 12.9. The van der Waals surface area contributed by atoms with Crippen LogP contribution >= 0.6 is 0 Å². The van der Waals surface area contributed by atoms with E-state index >= 15 is 0 Å². The van der Waals surface area contributed by atoms with Crippen LogP contribution in [0.2, 0.25) is 0 Å². The van der Waals surface area contributed by atoms with Crippen molar-refractivity contribution >= 4 is 10.9 Å². The van der Waals surface area contributed by atoms with E-state index in [-0.39, 0.29) is 0 Å². The summed E-state index contributed by atoms with van der Waals surface area (Å²) in [6.45, 7) is 1.58. The van der Waals surface area contributed by atoms with Gasteiger partial charge < -0.3 is 4.74 Å². The highest BCUT2D eigenvalue weighted by Crippen LogP contribution is 2.13. The second-order valence-corrected chi connectivity index (χ2v) is 4.44. The number of benzene rings is 2. The number of rotatable bonds is 5. The fraction of sp³-hybridized carbons (Fsp3) is 0.188. The highest BCUT2D eigenvalue weighted by Gasteiger charge is 2.01. The lowest BCUT2D eigenvalue weighted by atomic mass is 10.2. The zero-order valence-corrected chi connectivity index (χ0v) is 10.7. The number of para-hydroxylation sites is 2. The van der Waals surface area contributed by atoms with Gasteiger partial charge in [0.25, 0.3) is 0 Å².